The molecule has 3 atom stereocenters. The molecule has 118 valence electrons. The Balaban J connectivity index is 1.68. The molecule has 1 aromatic heterocycles. The van der Waals surface area contributed by atoms with E-state index in [0.717, 1.165) is 5.56 Å². The molecule has 1 aliphatic rings. The number of carbonyl (C=O) groups excluding carboxylic acids is 1. The van der Waals surface area contributed by atoms with E-state index in [1.807, 2.05) is 6.07 Å². The van der Waals surface area contributed by atoms with Crippen LogP contribution in [0.15, 0.2) is 47.1 Å². The van der Waals surface area contributed by atoms with Crippen LogP contribution in [0.4, 0.5) is 4.39 Å². The number of thioether (sulfide) groups is 1. The van der Waals surface area contributed by atoms with Crippen LogP contribution >= 0.6 is 11.8 Å². The van der Waals surface area contributed by atoms with Gasteiger partial charge in [0.1, 0.15) is 23.0 Å². The van der Waals surface area contributed by atoms with Crippen LogP contribution in [0.1, 0.15) is 17.4 Å². The molecule has 0 spiro atoms. The lowest BCUT2D eigenvalue weighted by atomic mass is 9.96. The normalized spacial score (nSPS) is 24.0. The summed E-state index contributed by atoms with van der Waals surface area (Å²) in [7, 11) is 0. The van der Waals surface area contributed by atoms with Gasteiger partial charge < -0.3 is 9.73 Å². The molecule has 3 unspecified atom stereocenters. The smallest absolute Gasteiger partial charge is 0.241 e. The highest BCUT2D eigenvalue weighted by molar-refractivity contribution is 7.99. The average Bonchev–Trinajstić information content (AvgIpc) is 3.08. The lowest BCUT2D eigenvalue weighted by Crippen LogP contribution is -2.55. The van der Waals surface area contributed by atoms with Gasteiger partial charge in [-0.1, -0.05) is 12.1 Å². The van der Waals surface area contributed by atoms with Gasteiger partial charge in [0.25, 0.3) is 0 Å². The van der Waals surface area contributed by atoms with E-state index < -0.39 is 12.0 Å². The van der Waals surface area contributed by atoms with E-state index in [-0.39, 0.29) is 17.2 Å². The highest BCUT2D eigenvalue weighted by atomic mass is 32.2. The van der Waals surface area contributed by atoms with Crippen molar-refractivity contribution in [2.24, 2.45) is 5.92 Å². The number of furan rings is 1. The second kappa shape index (κ2) is 6.86. The molecule has 1 amide bonds. The number of amides is 1. The van der Waals surface area contributed by atoms with Crippen molar-refractivity contribution in [3.63, 3.8) is 0 Å². The molecular weight excluding hydrogens is 317 g/mol. The third kappa shape index (κ3) is 3.55. The van der Waals surface area contributed by atoms with Crippen molar-refractivity contribution in [2.75, 3.05) is 0 Å². The average molecular weight is 331 g/mol. The minimum absolute atomic E-state index is 0.280. The van der Waals surface area contributed by atoms with Crippen molar-refractivity contribution in [1.29, 1.82) is 5.26 Å². The topological polar surface area (TPSA) is 78.1 Å². The maximum Gasteiger partial charge on any atom is 0.241 e. The van der Waals surface area contributed by atoms with E-state index in [9.17, 15) is 14.4 Å². The summed E-state index contributed by atoms with van der Waals surface area (Å²) in [4.78, 5) is 12.1. The molecule has 5 nitrogen and oxygen atoms in total. The fourth-order valence-electron chi connectivity index (χ4n) is 2.37. The van der Waals surface area contributed by atoms with Crippen molar-refractivity contribution < 1.29 is 13.6 Å². The molecule has 23 heavy (non-hydrogen) atoms. The summed E-state index contributed by atoms with van der Waals surface area (Å²) >= 11 is 1.46. The molecule has 1 fully saturated rings. The number of nitriles is 1. The van der Waals surface area contributed by atoms with Crippen LogP contribution in [0.25, 0.3) is 0 Å². The maximum absolute atomic E-state index is 12.9. The Labute approximate surface area is 136 Å². The van der Waals surface area contributed by atoms with Crippen molar-refractivity contribution in [2.45, 2.75) is 17.3 Å². The summed E-state index contributed by atoms with van der Waals surface area (Å²) < 4.78 is 18.2. The zero-order valence-electron chi connectivity index (χ0n) is 12.0. The first-order valence-electron chi connectivity index (χ1n) is 7.03. The van der Waals surface area contributed by atoms with Crippen LogP contribution in [0, 0.1) is 23.1 Å². The van der Waals surface area contributed by atoms with E-state index in [1.54, 1.807) is 24.3 Å². The fraction of sp³-hybridized carbons (Fsp3) is 0.250. The highest BCUT2D eigenvalue weighted by Gasteiger charge is 2.38. The van der Waals surface area contributed by atoms with Crippen molar-refractivity contribution in [3.8, 4) is 6.07 Å². The molecule has 3 rings (SSSR count). The Bertz CT molecular complexity index is 712. The van der Waals surface area contributed by atoms with Gasteiger partial charge in [-0.2, -0.15) is 5.26 Å². The van der Waals surface area contributed by atoms with Gasteiger partial charge in [-0.15, -0.1) is 11.8 Å². The fourth-order valence-corrected chi connectivity index (χ4v) is 3.36. The number of benzene rings is 1. The number of nitrogens with zero attached hydrogens (tertiary/aromatic N) is 1. The van der Waals surface area contributed by atoms with Crippen molar-refractivity contribution in [3.05, 3.63) is 59.8 Å². The van der Waals surface area contributed by atoms with Gasteiger partial charge in [0.15, 0.2) is 0 Å². The standard InChI is InChI=1S/C16H14FN3O2S/c17-11-5-3-10(4-6-11)9-23-16-19-14(13-2-1-7-22-13)12(8-18)15(21)20-16/h1-7,12,14,16,19H,9H2,(H,20,21). The van der Waals surface area contributed by atoms with Crippen LogP contribution < -0.4 is 10.6 Å². The van der Waals surface area contributed by atoms with Gasteiger partial charge in [0.05, 0.1) is 18.4 Å². The molecule has 2 heterocycles. The Morgan fingerprint density at radius 3 is 2.74 bits per heavy atom. The number of carbonyl (C=O) groups is 1. The first-order chi connectivity index (χ1) is 11.2. The minimum atomic E-state index is -0.844. The van der Waals surface area contributed by atoms with E-state index in [4.69, 9.17) is 4.42 Å². The summed E-state index contributed by atoms with van der Waals surface area (Å²) in [5, 5.41) is 15.2. The van der Waals surface area contributed by atoms with Crippen LogP contribution in [0.2, 0.25) is 0 Å². The molecule has 2 aromatic rings. The lowest BCUT2D eigenvalue weighted by Gasteiger charge is -2.33. The third-order valence-corrected chi connectivity index (χ3v) is 4.63. The summed E-state index contributed by atoms with van der Waals surface area (Å²) in [6.07, 6.45) is 1.51. The zero-order chi connectivity index (χ0) is 16.2. The second-order valence-electron chi connectivity index (χ2n) is 5.09. The van der Waals surface area contributed by atoms with Gasteiger partial charge in [-0.25, -0.2) is 4.39 Å². The zero-order valence-corrected chi connectivity index (χ0v) is 12.8. The molecule has 0 aliphatic carbocycles. The number of hydrogen-bond donors (Lipinski definition) is 2. The molecule has 1 aromatic carbocycles. The van der Waals surface area contributed by atoms with Gasteiger partial charge in [-0.3, -0.25) is 10.1 Å². The Morgan fingerprint density at radius 1 is 1.30 bits per heavy atom. The summed E-state index contributed by atoms with van der Waals surface area (Å²) in [5.74, 6) is -0.301. The Hall–Kier alpha value is -2.30. The first-order valence-corrected chi connectivity index (χ1v) is 8.08. The molecule has 1 aliphatic heterocycles. The quantitative estimate of drug-likeness (QED) is 0.900. The molecule has 2 N–H and O–H groups in total. The van der Waals surface area contributed by atoms with Gasteiger partial charge in [0, 0.05) is 5.75 Å². The van der Waals surface area contributed by atoms with Crippen LogP contribution in [0.5, 0.6) is 0 Å². The predicted molar refractivity (Wildman–Crippen MR) is 83.3 cm³/mol. The number of rotatable bonds is 4. The van der Waals surface area contributed by atoms with Gasteiger partial charge >= 0.3 is 0 Å². The second-order valence-corrected chi connectivity index (χ2v) is 6.19. The molecule has 0 radical (unpaired) electrons. The number of halogens is 1. The van der Waals surface area contributed by atoms with Gasteiger partial charge in [-0.05, 0) is 29.8 Å². The Morgan fingerprint density at radius 2 is 2.09 bits per heavy atom. The lowest BCUT2D eigenvalue weighted by molar-refractivity contribution is -0.126. The van der Waals surface area contributed by atoms with Gasteiger partial charge in [0.2, 0.25) is 5.91 Å². The van der Waals surface area contributed by atoms with E-state index in [1.165, 1.54) is 30.2 Å². The number of nitrogens with one attached hydrogen (secondary N) is 2. The third-order valence-electron chi connectivity index (χ3n) is 3.54. The summed E-state index contributed by atoms with van der Waals surface area (Å²) in [6.45, 7) is 0. The first kappa shape index (κ1) is 15.6. The van der Waals surface area contributed by atoms with Crippen LogP contribution in [-0.2, 0) is 10.5 Å². The largest absolute Gasteiger partial charge is 0.468 e. The predicted octanol–water partition coefficient (Wildman–Crippen LogP) is 2.54. The van der Waals surface area contributed by atoms with Crippen LogP contribution in [-0.4, -0.2) is 11.4 Å². The molecular formula is C16H14FN3O2S. The minimum Gasteiger partial charge on any atom is -0.468 e. The van der Waals surface area contributed by atoms with Crippen molar-refractivity contribution in [1.82, 2.24) is 10.6 Å². The molecule has 7 heteroatoms. The molecule has 0 bridgehead atoms. The highest BCUT2D eigenvalue weighted by Crippen LogP contribution is 2.29. The summed E-state index contributed by atoms with van der Waals surface area (Å²) in [5.41, 5.74) is 0.594. The maximum atomic E-state index is 12.9. The van der Waals surface area contributed by atoms with Crippen LogP contribution in [0.3, 0.4) is 0 Å². The SMILES string of the molecule is N#CC1C(=O)NC(SCc2ccc(F)cc2)NC1c1ccco1. The van der Waals surface area contributed by atoms with E-state index >= 15 is 0 Å². The number of hydrogen-bond acceptors (Lipinski definition) is 5. The molecule has 0 saturated carbocycles. The summed E-state index contributed by atoms with van der Waals surface area (Å²) in [6, 6.07) is 11.2. The van der Waals surface area contributed by atoms with E-state index in [2.05, 4.69) is 10.6 Å². The molecule has 1 saturated heterocycles. The Kier molecular flexibility index (Phi) is 4.65. The monoisotopic (exact) mass is 331 g/mol. The van der Waals surface area contributed by atoms with Crippen molar-refractivity contribution >= 4 is 17.7 Å². The van der Waals surface area contributed by atoms with E-state index in [0.29, 0.717) is 11.5 Å².